The fraction of sp³-hybridized carbons (Fsp3) is 0.346. The van der Waals surface area contributed by atoms with E-state index in [1.54, 1.807) is 10.8 Å². The monoisotopic (exact) mass is 488 g/mol. The molecule has 2 heterocycles. The smallest absolute Gasteiger partial charge is 0.293 e. The summed E-state index contributed by atoms with van der Waals surface area (Å²) in [6.07, 6.45) is -2.22. The van der Waals surface area contributed by atoms with Crippen LogP contribution in [0.1, 0.15) is 47.0 Å². The van der Waals surface area contributed by atoms with Crippen molar-refractivity contribution in [2.45, 2.75) is 53.4 Å². The molecule has 0 atom stereocenters. The van der Waals surface area contributed by atoms with Gasteiger partial charge in [0.2, 0.25) is 5.78 Å². The van der Waals surface area contributed by atoms with E-state index < -0.39 is 11.9 Å². The van der Waals surface area contributed by atoms with E-state index in [0.717, 1.165) is 34.4 Å². The Labute approximate surface area is 202 Å². The average molecular weight is 489 g/mol. The van der Waals surface area contributed by atoms with Crippen molar-refractivity contribution in [3.05, 3.63) is 87.5 Å². The molecule has 0 radical (unpaired) electrons. The fourth-order valence-electron chi connectivity index (χ4n) is 4.70. The lowest BCUT2D eigenvalue weighted by atomic mass is 10.1. The zero-order valence-corrected chi connectivity index (χ0v) is 20.5. The normalized spacial score (nSPS) is 12.3. The Kier molecular flexibility index (Phi) is 6.78. The van der Waals surface area contributed by atoms with Crippen LogP contribution in [0.25, 0.3) is 11.5 Å². The molecule has 0 saturated carbocycles. The topological polar surface area (TPSA) is 25.5 Å². The van der Waals surface area contributed by atoms with Crippen LogP contribution in [0.3, 0.4) is 0 Å². The van der Waals surface area contributed by atoms with Gasteiger partial charge in [0.1, 0.15) is 5.15 Å². The Bertz CT molecular complexity index is 1280. The maximum absolute atomic E-state index is 14.1. The third-order valence-electron chi connectivity index (χ3n) is 5.93. The maximum atomic E-state index is 14.1. The summed E-state index contributed by atoms with van der Waals surface area (Å²) < 4.78 is 45.5. The molecule has 4 nitrogen and oxygen atoms in total. The van der Waals surface area contributed by atoms with Crippen molar-refractivity contribution in [1.82, 2.24) is 18.9 Å². The quantitative estimate of drug-likeness (QED) is 0.276. The first-order chi connectivity index (χ1) is 16.1. The van der Waals surface area contributed by atoms with Gasteiger partial charge in [0, 0.05) is 19.3 Å². The molecule has 2 aromatic heterocycles. The molecule has 0 unspecified atom stereocenters. The van der Waals surface area contributed by atoms with Gasteiger partial charge < -0.3 is 0 Å². The van der Waals surface area contributed by atoms with Gasteiger partial charge in [-0.25, -0.2) is 4.98 Å². The number of hydrogen-bond acceptors (Lipinski definition) is 2. The molecular weight excluding hydrogens is 461 g/mol. The molecule has 0 fully saturated rings. The Hall–Kier alpha value is -2.77. The van der Waals surface area contributed by atoms with Crippen LogP contribution in [0.2, 0.25) is 5.15 Å². The molecule has 8 heteroatoms. The second-order valence-electron chi connectivity index (χ2n) is 8.81. The predicted octanol–water partition coefficient (Wildman–Crippen LogP) is 7.13. The van der Waals surface area contributed by atoms with E-state index in [9.17, 15) is 13.2 Å². The number of hydrogen-bond donors (Lipinski definition) is 0. The number of benzene rings is 2. The van der Waals surface area contributed by atoms with Crippen LogP contribution < -0.4 is 0 Å². The Morgan fingerprint density at radius 2 is 1.65 bits per heavy atom. The highest BCUT2D eigenvalue weighted by molar-refractivity contribution is 6.30. The molecule has 0 aliphatic heterocycles. The van der Waals surface area contributed by atoms with Crippen LogP contribution in [0.5, 0.6) is 0 Å². The lowest BCUT2D eigenvalue weighted by Gasteiger charge is -2.22. The summed E-state index contributed by atoms with van der Waals surface area (Å²) in [6, 6.07) is 13.7. The number of nitrogens with zero attached hydrogens (tertiary/aromatic N) is 4. The molecule has 180 valence electrons. The van der Waals surface area contributed by atoms with E-state index in [2.05, 4.69) is 4.98 Å². The van der Waals surface area contributed by atoms with Crippen molar-refractivity contribution in [2.75, 3.05) is 6.54 Å². The summed E-state index contributed by atoms with van der Waals surface area (Å²) in [7, 11) is 0. The third-order valence-corrected chi connectivity index (χ3v) is 6.20. The zero-order chi connectivity index (χ0) is 24.6. The van der Waals surface area contributed by atoms with E-state index in [1.165, 1.54) is 4.40 Å². The Morgan fingerprint density at radius 1 is 1.00 bits per heavy atom. The standard InChI is InChI=1S/C26H28ClF3N4/c1-5-11-32(14-20-9-7-6-8-10-20)15-21-24(26(28,29)30)31-25-33(21)16-22(27)34(25)23-18(3)12-17(2)13-19(23)4/h6-10,12-13,16H,5,11,14-15H2,1-4H3. The molecule has 34 heavy (non-hydrogen) atoms. The second kappa shape index (κ2) is 9.47. The number of rotatable bonds is 7. The Balaban J connectivity index is 1.86. The molecule has 4 rings (SSSR count). The summed E-state index contributed by atoms with van der Waals surface area (Å²) in [5.74, 6) is 0.165. The number of halogens is 4. The lowest BCUT2D eigenvalue weighted by molar-refractivity contribution is -0.141. The zero-order valence-electron chi connectivity index (χ0n) is 19.7. The van der Waals surface area contributed by atoms with E-state index in [-0.39, 0.29) is 18.0 Å². The molecule has 0 aliphatic rings. The maximum Gasteiger partial charge on any atom is 0.435 e. The van der Waals surface area contributed by atoms with Gasteiger partial charge >= 0.3 is 6.18 Å². The first-order valence-corrected chi connectivity index (χ1v) is 11.7. The summed E-state index contributed by atoms with van der Waals surface area (Å²) in [5, 5.41) is 0.317. The van der Waals surface area contributed by atoms with Gasteiger partial charge in [-0.3, -0.25) is 13.9 Å². The number of aromatic nitrogens is 3. The Morgan fingerprint density at radius 3 is 2.24 bits per heavy atom. The highest BCUT2D eigenvalue weighted by Crippen LogP contribution is 2.36. The SMILES string of the molecule is CCCN(Cc1ccccc1)Cc1c(C(F)(F)F)nc2n(-c3c(C)cc(C)cc3C)c(Cl)cn12. The van der Waals surface area contributed by atoms with Crippen LogP contribution in [0, 0.1) is 20.8 Å². The summed E-state index contributed by atoms with van der Waals surface area (Å²) in [4.78, 5) is 6.11. The van der Waals surface area contributed by atoms with E-state index in [4.69, 9.17) is 11.6 Å². The van der Waals surface area contributed by atoms with Gasteiger partial charge in [0.05, 0.1) is 11.4 Å². The minimum absolute atomic E-state index is 0.0925. The first kappa shape index (κ1) is 24.4. The molecule has 0 spiro atoms. The van der Waals surface area contributed by atoms with E-state index in [1.807, 2.05) is 75.1 Å². The summed E-state index contributed by atoms with van der Waals surface area (Å²) >= 11 is 6.60. The van der Waals surface area contributed by atoms with Crippen molar-refractivity contribution in [2.24, 2.45) is 0 Å². The molecule has 4 aromatic rings. The van der Waals surface area contributed by atoms with Gasteiger partial charge in [0.25, 0.3) is 0 Å². The number of fused-ring (bicyclic) bond motifs is 1. The number of aryl methyl sites for hydroxylation is 3. The highest BCUT2D eigenvalue weighted by atomic mass is 35.5. The molecule has 0 N–H and O–H groups in total. The minimum Gasteiger partial charge on any atom is -0.293 e. The highest BCUT2D eigenvalue weighted by Gasteiger charge is 2.39. The van der Waals surface area contributed by atoms with Crippen LogP contribution in [0.4, 0.5) is 13.2 Å². The molecule has 0 bridgehead atoms. The van der Waals surface area contributed by atoms with Crippen LogP contribution >= 0.6 is 11.6 Å². The van der Waals surface area contributed by atoms with Gasteiger partial charge in [-0.15, -0.1) is 0 Å². The van der Waals surface area contributed by atoms with Gasteiger partial charge in [-0.2, -0.15) is 13.2 Å². The van der Waals surface area contributed by atoms with Gasteiger partial charge in [-0.05, 0) is 50.4 Å². The van der Waals surface area contributed by atoms with Crippen LogP contribution in [-0.2, 0) is 19.3 Å². The van der Waals surface area contributed by atoms with Crippen molar-refractivity contribution in [3.8, 4) is 5.69 Å². The van der Waals surface area contributed by atoms with Crippen molar-refractivity contribution < 1.29 is 13.2 Å². The third kappa shape index (κ3) is 4.72. The average Bonchev–Trinajstić information content (AvgIpc) is 3.24. The lowest BCUT2D eigenvalue weighted by Crippen LogP contribution is -2.26. The number of imidazole rings is 2. The minimum atomic E-state index is -4.58. The number of alkyl halides is 3. The predicted molar refractivity (Wildman–Crippen MR) is 130 cm³/mol. The summed E-state index contributed by atoms with van der Waals surface area (Å²) in [5.41, 5.74) is 3.95. The van der Waals surface area contributed by atoms with E-state index in [0.29, 0.717) is 18.2 Å². The molecule has 0 aliphatic carbocycles. The molecule has 0 saturated heterocycles. The first-order valence-electron chi connectivity index (χ1n) is 11.3. The molecule has 2 aromatic carbocycles. The van der Waals surface area contributed by atoms with Crippen LogP contribution in [-0.4, -0.2) is 25.4 Å². The van der Waals surface area contributed by atoms with E-state index >= 15 is 0 Å². The van der Waals surface area contributed by atoms with Gasteiger partial charge in [0.15, 0.2) is 5.69 Å². The van der Waals surface area contributed by atoms with Crippen molar-refractivity contribution in [1.29, 1.82) is 0 Å². The fourth-order valence-corrected chi connectivity index (χ4v) is 4.96. The summed E-state index contributed by atoms with van der Waals surface area (Å²) in [6.45, 7) is 9.17. The van der Waals surface area contributed by atoms with Crippen molar-refractivity contribution >= 4 is 17.4 Å². The van der Waals surface area contributed by atoms with Crippen LogP contribution in [0.15, 0.2) is 48.7 Å². The second-order valence-corrected chi connectivity index (χ2v) is 9.19. The van der Waals surface area contributed by atoms with Crippen molar-refractivity contribution in [3.63, 3.8) is 0 Å². The molecule has 0 amide bonds. The molecular formula is C26H28ClF3N4. The largest absolute Gasteiger partial charge is 0.435 e. The van der Waals surface area contributed by atoms with Gasteiger partial charge in [-0.1, -0.05) is 66.6 Å².